The van der Waals surface area contributed by atoms with Crippen LogP contribution in [0.3, 0.4) is 0 Å². The van der Waals surface area contributed by atoms with Gasteiger partial charge in [-0.25, -0.2) is 0 Å². The number of ether oxygens (including phenoxy) is 1. The molecule has 0 unspecified atom stereocenters. The first-order chi connectivity index (χ1) is 8.74. The largest absolute Gasteiger partial charge is 0.385 e. The average Bonchev–Trinajstić information content (AvgIpc) is 2.42. The zero-order valence-corrected chi connectivity index (χ0v) is 11.2. The molecule has 0 saturated heterocycles. The van der Waals surface area contributed by atoms with Crippen LogP contribution in [0.4, 0.5) is 0 Å². The summed E-state index contributed by atoms with van der Waals surface area (Å²) in [6, 6.07) is 0. The van der Waals surface area contributed by atoms with E-state index in [1.165, 1.54) is 6.42 Å². The molecular formula is C13H24N2O3. The van der Waals surface area contributed by atoms with Crippen LogP contribution in [0, 0.1) is 5.92 Å². The summed E-state index contributed by atoms with van der Waals surface area (Å²) in [5, 5.41) is 5.45. The second-order valence-corrected chi connectivity index (χ2v) is 4.75. The third-order valence-electron chi connectivity index (χ3n) is 3.25. The van der Waals surface area contributed by atoms with E-state index >= 15 is 0 Å². The van der Waals surface area contributed by atoms with Gasteiger partial charge in [-0.05, 0) is 19.3 Å². The average molecular weight is 256 g/mol. The Balaban J connectivity index is 2.07. The summed E-state index contributed by atoms with van der Waals surface area (Å²) in [4.78, 5) is 23.2. The fraction of sp³-hybridized carbons (Fsp3) is 0.846. The number of hydrogen-bond donors (Lipinski definition) is 2. The van der Waals surface area contributed by atoms with Gasteiger partial charge >= 0.3 is 0 Å². The molecule has 1 saturated carbocycles. The van der Waals surface area contributed by atoms with Gasteiger partial charge in [-0.1, -0.05) is 19.3 Å². The van der Waals surface area contributed by atoms with E-state index in [0.717, 1.165) is 32.1 Å². The molecule has 0 bridgehead atoms. The summed E-state index contributed by atoms with van der Waals surface area (Å²) in [6.07, 6.45) is 6.19. The number of carbonyl (C=O) groups is 2. The van der Waals surface area contributed by atoms with Gasteiger partial charge in [-0.15, -0.1) is 0 Å². The summed E-state index contributed by atoms with van der Waals surface area (Å²) in [6.45, 7) is 1.31. The Kier molecular flexibility index (Phi) is 7.41. The van der Waals surface area contributed by atoms with Gasteiger partial charge in [0.1, 0.15) is 0 Å². The van der Waals surface area contributed by atoms with Crippen LogP contribution in [0.2, 0.25) is 0 Å². The molecule has 5 nitrogen and oxygen atoms in total. The van der Waals surface area contributed by atoms with Crippen molar-refractivity contribution in [1.29, 1.82) is 0 Å². The number of rotatable bonds is 7. The van der Waals surface area contributed by atoms with Crippen molar-refractivity contribution in [1.82, 2.24) is 10.6 Å². The highest BCUT2D eigenvalue weighted by atomic mass is 16.5. The van der Waals surface area contributed by atoms with Gasteiger partial charge in [-0.3, -0.25) is 9.59 Å². The zero-order valence-electron chi connectivity index (χ0n) is 11.2. The van der Waals surface area contributed by atoms with Gasteiger partial charge in [0.2, 0.25) is 11.8 Å². The smallest absolute Gasteiger partial charge is 0.239 e. The fourth-order valence-electron chi connectivity index (χ4n) is 2.18. The van der Waals surface area contributed by atoms with Crippen molar-refractivity contribution in [3.05, 3.63) is 0 Å². The summed E-state index contributed by atoms with van der Waals surface area (Å²) in [7, 11) is 1.63. The topological polar surface area (TPSA) is 67.4 Å². The van der Waals surface area contributed by atoms with Crippen molar-refractivity contribution >= 4 is 11.8 Å². The first-order valence-corrected chi connectivity index (χ1v) is 6.77. The van der Waals surface area contributed by atoms with E-state index in [4.69, 9.17) is 4.74 Å². The quantitative estimate of drug-likeness (QED) is 0.663. The number of carbonyl (C=O) groups excluding carboxylic acids is 2. The number of hydrogen-bond acceptors (Lipinski definition) is 3. The van der Waals surface area contributed by atoms with Crippen molar-refractivity contribution < 1.29 is 14.3 Å². The molecule has 5 heteroatoms. The molecule has 1 rings (SSSR count). The Morgan fingerprint density at radius 1 is 1.17 bits per heavy atom. The lowest BCUT2D eigenvalue weighted by molar-refractivity contribution is -0.129. The van der Waals surface area contributed by atoms with Crippen LogP contribution in [-0.4, -0.2) is 38.6 Å². The standard InChI is InChI=1S/C13H24N2O3/c1-18-9-5-8-14-12(16)10-15-13(17)11-6-3-2-4-7-11/h11H,2-10H2,1H3,(H,14,16)(H,15,17). The van der Waals surface area contributed by atoms with Crippen molar-refractivity contribution in [3.8, 4) is 0 Å². The molecule has 1 aliphatic rings. The molecule has 0 aromatic heterocycles. The predicted octanol–water partition coefficient (Wildman–Crippen LogP) is 0.836. The van der Waals surface area contributed by atoms with Gasteiger partial charge in [0.25, 0.3) is 0 Å². The minimum absolute atomic E-state index is 0.0294. The van der Waals surface area contributed by atoms with Crippen molar-refractivity contribution in [2.75, 3.05) is 26.8 Å². The van der Waals surface area contributed by atoms with E-state index in [2.05, 4.69) is 10.6 Å². The van der Waals surface area contributed by atoms with Crippen LogP contribution >= 0.6 is 0 Å². The Hall–Kier alpha value is -1.10. The SMILES string of the molecule is COCCCNC(=O)CNC(=O)C1CCCCC1. The number of methoxy groups -OCH3 is 1. The maximum atomic E-state index is 11.8. The molecular weight excluding hydrogens is 232 g/mol. The fourth-order valence-corrected chi connectivity index (χ4v) is 2.18. The second-order valence-electron chi connectivity index (χ2n) is 4.75. The van der Waals surface area contributed by atoms with E-state index in [1.807, 2.05) is 0 Å². The Labute approximate surface area is 109 Å². The summed E-state index contributed by atoms with van der Waals surface area (Å²) in [5.74, 6) is 0.0112. The van der Waals surface area contributed by atoms with Gasteiger partial charge < -0.3 is 15.4 Å². The number of amides is 2. The lowest BCUT2D eigenvalue weighted by atomic mass is 9.89. The molecule has 2 amide bonds. The molecule has 0 aliphatic heterocycles. The van der Waals surface area contributed by atoms with Gasteiger partial charge in [0.05, 0.1) is 6.54 Å². The second kappa shape index (κ2) is 8.91. The highest BCUT2D eigenvalue weighted by Crippen LogP contribution is 2.23. The minimum Gasteiger partial charge on any atom is -0.385 e. The van der Waals surface area contributed by atoms with E-state index in [9.17, 15) is 9.59 Å². The molecule has 0 heterocycles. The van der Waals surface area contributed by atoms with Crippen LogP contribution in [0.5, 0.6) is 0 Å². The van der Waals surface area contributed by atoms with Crippen molar-refractivity contribution in [3.63, 3.8) is 0 Å². The minimum atomic E-state index is -0.129. The molecule has 0 spiro atoms. The summed E-state index contributed by atoms with van der Waals surface area (Å²) >= 11 is 0. The third kappa shape index (κ3) is 6.00. The molecule has 1 aliphatic carbocycles. The summed E-state index contributed by atoms with van der Waals surface area (Å²) < 4.78 is 4.88. The van der Waals surface area contributed by atoms with Crippen LogP contribution in [0.25, 0.3) is 0 Å². The van der Waals surface area contributed by atoms with Crippen LogP contribution < -0.4 is 10.6 Å². The molecule has 0 aromatic carbocycles. The Bertz CT molecular complexity index is 263. The first kappa shape index (κ1) is 15.0. The lowest BCUT2D eigenvalue weighted by Gasteiger charge is -2.20. The van der Waals surface area contributed by atoms with E-state index in [0.29, 0.717) is 13.2 Å². The van der Waals surface area contributed by atoms with Crippen molar-refractivity contribution in [2.45, 2.75) is 38.5 Å². The van der Waals surface area contributed by atoms with Gasteiger partial charge in [-0.2, -0.15) is 0 Å². The van der Waals surface area contributed by atoms with Crippen LogP contribution in [-0.2, 0) is 14.3 Å². The molecule has 2 N–H and O–H groups in total. The normalized spacial score (nSPS) is 16.3. The molecule has 0 aromatic rings. The molecule has 1 fully saturated rings. The van der Waals surface area contributed by atoms with Crippen LogP contribution in [0.15, 0.2) is 0 Å². The first-order valence-electron chi connectivity index (χ1n) is 6.77. The predicted molar refractivity (Wildman–Crippen MR) is 69.1 cm³/mol. The maximum absolute atomic E-state index is 11.8. The molecule has 18 heavy (non-hydrogen) atoms. The highest BCUT2D eigenvalue weighted by molar-refractivity contribution is 5.85. The molecule has 0 radical (unpaired) electrons. The highest BCUT2D eigenvalue weighted by Gasteiger charge is 2.20. The van der Waals surface area contributed by atoms with Crippen LogP contribution in [0.1, 0.15) is 38.5 Å². The molecule has 104 valence electrons. The zero-order chi connectivity index (χ0) is 13.2. The Morgan fingerprint density at radius 2 is 1.89 bits per heavy atom. The third-order valence-corrected chi connectivity index (χ3v) is 3.25. The lowest BCUT2D eigenvalue weighted by Crippen LogP contribution is -2.40. The Morgan fingerprint density at radius 3 is 2.56 bits per heavy atom. The van der Waals surface area contributed by atoms with E-state index in [1.54, 1.807) is 7.11 Å². The van der Waals surface area contributed by atoms with Crippen molar-refractivity contribution in [2.24, 2.45) is 5.92 Å². The van der Waals surface area contributed by atoms with Gasteiger partial charge in [0.15, 0.2) is 0 Å². The number of nitrogens with one attached hydrogen (secondary N) is 2. The van der Waals surface area contributed by atoms with E-state index < -0.39 is 0 Å². The monoisotopic (exact) mass is 256 g/mol. The van der Waals surface area contributed by atoms with E-state index in [-0.39, 0.29) is 24.3 Å². The molecule has 0 atom stereocenters. The van der Waals surface area contributed by atoms with Gasteiger partial charge in [0, 0.05) is 26.2 Å². The maximum Gasteiger partial charge on any atom is 0.239 e. The summed E-state index contributed by atoms with van der Waals surface area (Å²) in [5.41, 5.74) is 0.